The molecule has 2 amide bonds. The second kappa shape index (κ2) is 6.17. The molecule has 0 spiro atoms. The van der Waals surface area contributed by atoms with Crippen LogP contribution in [0.3, 0.4) is 0 Å². The number of nitrogens with one attached hydrogen (secondary N) is 1. The van der Waals surface area contributed by atoms with Crippen LogP contribution >= 0.6 is 0 Å². The van der Waals surface area contributed by atoms with Gasteiger partial charge in [-0.1, -0.05) is 0 Å². The summed E-state index contributed by atoms with van der Waals surface area (Å²) in [5.41, 5.74) is 7.78. The van der Waals surface area contributed by atoms with E-state index in [2.05, 4.69) is 20.1 Å². The van der Waals surface area contributed by atoms with Gasteiger partial charge in [-0.3, -0.25) is 9.88 Å². The monoisotopic (exact) mass is 290 g/mol. The second-order valence-corrected chi connectivity index (χ2v) is 5.48. The maximum Gasteiger partial charge on any atom is 0.317 e. The van der Waals surface area contributed by atoms with Gasteiger partial charge < -0.3 is 20.9 Å². The van der Waals surface area contributed by atoms with Crippen molar-refractivity contribution < 1.29 is 4.79 Å². The van der Waals surface area contributed by atoms with Crippen LogP contribution in [0.2, 0.25) is 0 Å². The smallest absolute Gasteiger partial charge is 0.317 e. The van der Waals surface area contributed by atoms with Crippen molar-refractivity contribution in [3.8, 4) is 0 Å². The molecule has 0 aliphatic carbocycles. The van der Waals surface area contributed by atoms with Crippen LogP contribution in [0.15, 0.2) is 18.5 Å². The van der Waals surface area contributed by atoms with Crippen LogP contribution in [0.25, 0.3) is 0 Å². The number of nitrogen functional groups attached to an aromatic ring is 1. The fourth-order valence-corrected chi connectivity index (χ4v) is 2.89. The first kappa shape index (κ1) is 13.9. The van der Waals surface area contributed by atoms with E-state index < -0.39 is 0 Å². The summed E-state index contributed by atoms with van der Waals surface area (Å²) in [4.78, 5) is 22.1. The molecule has 0 atom stereocenters. The van der Waals surface area contributed by atoms with Crippen LogP contribution in [-0.4, -0.2) is 73.2 Å². The summed E-state index contributed by atoms with van der Waals surface area (Å²) in [7, 11) is 0. The number of hydrogen-bond donors (Lipinski definition) is 2. The van der Waals surface area contributed by atoms with Gasteiger partial charge in [0.05, 0.1) is 17.6 Å². The highest BCUT2D eigenvalue weighted by atomic mass is 16.2. The minimum Gasteiger partial charge on any atom is -0.396 e. The molecule has 0 saturated carbocycles. The van der Waals surface area contributed by atoms with Crippen molar-refractivity contribution in [1.29, 1.82) is 0 Å². The van der Waals surface area contributed by atoms with Crippen molar-refractivity contribution >= 4 is 17.4 Å². The number of carbonyl (C=O) groups is 1. The van der Waals surface area contributed by atoms with Gasteiger partial charge in [-0.05, 0) is 6.07 Å². The lowest BCUT2D eigenvalue weighted by Crippen LogP contribution is -2.49. The largest absolute Gasteiger partial charge is 0.396 e. The normalized spacial score (nSPS) is 19.9. The molecule has 0 aromatic carbocycles. The van der Waals surface area contributed by atoms with Crippen LogP contribution in [0, 0.1) is 0 Å². The molecule has 3 N–H and O–H groups in total. The Labute approximate surface area is 124 Å². The highest BCUT2D eigenvalue weighted by Gasteiger charge is 2.22. The summed E-state index contributed by atoms with van der Waals surface area (Å²) in [6.07, 6.45) is 3.48. The maximum absolute atomic E-state index is 11.5. The van der Waals surface area contributed by atoms with Crippen LogP contribution in [-0.2, 0) is 0 Å². The van der Waals surface area contributed by atoms with Crippen molar-refractivity contribution in [3.63, 3.8) is 0 Å². The number of carbonyl (C=O) groups excluding carboxylic acids is 1. The fourth-order valence-electron chi connectivity index (χ4n) is 2.89. The first-order valence-electron chi connectivity index (χ1n) is 7.43. The van der Waals surface area contributed by atoms with E-state index in [0.717, 1.165) is 63.7 Å². The van der Waals surface area contributed by atoms with Gasteiger partial charge >= 0.3 is 6.03 Å². The number of nitrogens with two attached hydrogens (primary N) is 1. The van der Waals surface area contributed by atoms with Gasteiger partial charge in [-0.25, -0.2) is 4.79 Å². The predicted octanol–water partition coefficient (Wildman–Crippen LogP) is -0.189. The molecule has 2 aliphatic heterocycles. The molecular formula is C14H22N6O. The summed E-state index contributed by atoms with van der Waals surface area (Å²) < 4.78 is 0. The van der Waals surface area contributed by atoms with E-state index in [9.17, 15) is 4.79 Å². The number of anilines is 2. The Hall–Kier alpha value is -2.02. The average molecular weight is 290 g/mol. The number of urea groups is 1. The minimum atomic E-state index is 0.0678. The zero-order valence-electron chi connectivity index (χ0n) is 12.2. The molecule has 3 rings (SSSR count). The van der Waals surface area contributed by atoms with Gasteiger partial charge in [0.25, 0.3) is 0 Å². The Morgan fingerprint density at radius 3 is 2.67 bits per heavy atom. The molecule has 0 radical (unpaired) electrons. The van der Waals surface area contributed by atoms with Crippen molar-refractivity contribution in [3.05, 3.63) is 18.5 Å². The average Bonchev–Trinajstić information content (AvgIpc) is 2.92. The molecule has 0 bridgehead atoms. The number of hydrogen-bond acceptors (Lipinski definition) is 5. The van der Waals surface area contributed by atoms with Crippen LogP contribution in [0.5, 0.6) is 0 Å². The Morgan fingerprint density at radius 2 is 2.00 bits per heavy atom. The fraction of sp³-hybridized carbons (Fsp3) is 0.571. The molecule has 7 nitrogen and oxygen atoms in total. The zero-order valence-corrected chi connectivity index (χ0v) is 12.2. The first-order chi connectivity index (χ1) is 10.2. The number of rotatable bonds is 4. The predicted molar refractivity (Wildman–Crippen MR) is 82.3 cm³/mol. The summed E-state index contributed by atoms with van der Waals surface area (Å²) >= 11 is 0. The Kier molecular flexibility index (Phi) is 4.10. The van der Waals surface area contributed by atoms with E-state index in [1.807, 2.05) is 11.0 Å². The number of piperazine rings is 1. The second-order valence-electron chi connectivity index (χ2n) is 5.48. The third-order valence-corrected chi connectivity index (χ3v) is 4.17. The lowest BCUT2D eigenvalue weighted by Gasteiger charge is -2.37. The van der Waals surface area contributed by atoms with E-state index in [1.165, 1.54) is 0 Å². The summed E-state index contributed by atoms with van der Waals surface area (Å²) in [5, 5.41) is 2.83. The highest BCUT2D eigenvalue weighted by molar-refractivity contribution is 5.76. The number of amides is 2. The van der Waals surface area contributed by atoms with Gasteiger partial charge in [0.15, 0.2) is 0 Å². The minimum absolute atomic E-state index is 0.0678. The van der Waals surface area contributed by atoms with E-state index in [4.69, 9.17) is 5.73 Å². The van der Waals surface area contributed by atoms with Crippen molar-refractivity contribution in [2.45, 2.75) is 0 Å². The highest BCUT2D eigenvalue weighted by Crippen LogP contribution is 2.22. The van der Waals surface area contributed by atoms with E-state index >= 15 is 0 Å². The van der Waals surface area contributed by atoms with Gasteiger partial charge in [0, 0.05) is 58.6 Å². The maximum atomic E-state index is 11.5. The molecule has 1 aromatic heterocycles. The third-order valence-electron chi connectivity index (χ3n) is 4.17. The molecule has 7 heteroatoms. The third kappa shape index (κ3) is 3.18. The van der Waals surface area contributed by atoms with E-state index in [-0.39, 0.29) is 6.03 Å². The van der Waals surface area contributed by atoms with Crippen LogP contribution < -0.4 is 16.0 Å². The molecule has 3 heterocycles. The van der Waals surface area contributed by atoms with Gasteiger partial charge in [0.1, 0.15) is 0 Å². The van der Waals surface area contributed by atoms with Gasteiger partial charge in [-0.15, -0.1) is 0 Å². The van der Waals surface area contributed by atoms with Gasteiger partial charge in [-0.2, -0.15) is 0 Å². The molecule has 1 aromatic rings. The number of nitrogens with zero attached hydrogens (tertiary/aromatic N) is 4. The molecule has 0 unspecified atom stereocenters. The molecule has 21 heavy (non-hydrogen) atoms. The molecule has 2 saturated heterocycles. The van der Waals surface area contributed by atoms with Crippen molar-refractivity contribution in [2.75, 3.05) is 63.0 Å². The summed E-state index contributed by atoms with van der Waals surface area (Å²) in [6, 6.07) is 2.04. The molecule has 2 aliphatic rings. The van der Waals surface area contributed by atoms with E-state index in [0.29, 0.717) is 0 Å². The molecule has 2 fully saturated rings. The van der Waals surface area contributed by atoms with Gasteiger partial charge in [0.2, 0.25) is 0 Å². The van der Waals surface area contributed by atoms with Crippen LogP contribution in [0.1, 0.15) is 0 Å². The standard InChI is InChI=1S/C14H22N6O/c15-12-11-16-2-1-13(12)19-8-5-18(6-9-19)7-10-20-4-3-17-14(20)21/h1-2,11H,3-10,15H2,(H,17,21). The number of pyridine rings is 1. The molecule has 114 valence electrons. The molecular weight excluding hydrogens is 268 g/mol. The Balaban J connectivity index is 1.47. The lowest BCUT2D eigenvalue weighted by molar-refractivity contribution is 0.197. The van der Waals surface area contributed by atoms with E-state index in [1.54, 1.807) is 12.4 Å². The summed E-state index contributed by atoms with van der Waals surface area (Å²) in [5.74, 6) is 0. The van der Waals surface area contributed by atoms with Crippen LogP contribution in [0.4, 0.5) is 16.2 Å². The number of aromatic nitrogens is 1. The van der Waals surface area contributed by atoms with Crippen molar-refractivity contribution in [1.82, 2.24) is 20.1 Å². The SMILES string of the molecule is Nc1cnccc1N1CCN(CCN2CCNC2=O)CC1. The Bertz CT molecular complexity index is 500. The van der Waals surface area contributed by atoms with Crippen molar-refractivity contribution in [2.24, 2.45) is 0 Å². The zero-order chi connectivity index (χ0) is 14.7. The topological polar surface area (TPSA) is 77.7 Å². The summed E-state index contributed by atoms with van der Waals surface area (Å²) in [6.45, 7) is 7.26. The quantitative estimate of drug-likeness (QED) is 0.804. The first-order valence-corrected chi connectivity index (χ1v) is 7.43. The lowest BCUT2D eigenvalue weighted by atomic mass is 10.2. The Morgan fingerprint density at radius 1 is 1.19 bits per heavy atom.